The van der Waals surface area contributed by atoms with Crippen molar-refractivity contribution in [2.45, 2.75) is 80.1 Å². The summed E-state index contributed by atoms with van der Waals surface area (Å²) in [5.74, 6) is 0.342. The Balaban J connectivity index is 1.18. The quantitative estimate of drug-likeness (QED) is 0.557. The number of aliphatic hydroxyl groups is 3. The van der Waals surface area contributed by atoms with E-state index in [0.717, 1.165) is 44.5 Å². The molecule has 0 bridgehead atoms. The zero-order valence-corrected chi connectivity index (χ0v) is 21.8. The molecule has 1 aromatic heterocycles. The van der Waals surface area contributed by atoms with Crippen molar-refractivity contribution in [3.05, 3.63) is 56.8 Å². The Morgan fingerprint density at radius 3 is 2.54 bits per heavy atom. The average molecular weight is 519 g/mol. The highest BCUT2D eigenvalue weighted by Gasteiger charge is 2.63. The molecule has 1 spiro atoms. The topological polar surface area (TPSA) is 88.4 Å². The van der Waals surface area contributed by atoms with Gasteiger partial charge in [0.2, 0.25) is 0 Å². The summed E-state index contributed by atoms with van der Waals surface area (Å²) < 4.78 is 17.9. The molecule has 2 aliphatic heterocycles. The largest absolute Gasteiger partial charge is 0.387 e. The van der Waals surface area contributed by atoms with Gasteiger partial charge in [-0.2, -0.15) is 0 Å². The van der Waals surface area contributed by atoms with Crippen LogP contribution < -0.4 is 0 Å². The van der Waals surface area contributed by atoms with Crippen molar-refractivity contribution in [3.8, 4) is 0 Å². The van der Waals surface area contributed by atoms with Crippen molar-refractivity contribution in [2.75, 3.05) is 19.5 Å². The van der Waals surface area contributed by atoms with Gasteiger partial charge in [0.25, 0.3) is 0 Å². The summed E-state index contributed by atoms with van der Waals surface area (Å²) in [5, 5.41) is 31.2. The molecule has 4 fully saturated rings. The molecule has 6 nitrogen and oxygen atoms in total. The van der Waals surface area contributed by atoms with Gasteiger partial charge in [-0.1, -0.05) is 18.2 Å². The first-order valence-electron chi connectivity index (χ1n) is 12.5. The molecule has 2 saturated carbocycles. The third kappa shape index (κ3) is 4.20. The molecule has 190 valence electrons. The van der Waals surface area contributed by atoms with Gasteiger partial charge in [-0.25, -0.2) is 0 Å². The zero-order chi connectivity index (χ0) is 24.4. The second-order valence-corrected chi connectivity index (χ2v) is 12.7. The molecule has 0 radical (unpaired) electrons. The molecule has 2 aliphatic carbocycles. The summed E-state index contributed by atoms with van der Waals surface area (Å²) in [6, 6.07) is 10.7. The molecule has 2 aromatic rings. The van der Waals surface area contributed by atoms with E-state index < -0.39 is 29.9 Å². The molecule has 0 amide bonds. The van der Waals surface area contributed by atoms with E-state index in [9.17, 15) is 15.3 Å². The summed E-state index contributed by atoms with van der Waals surface area (Å²) >= 11 is 3.26. The minimum absolute atomic E-state index is 0.310. The van der Waals surface area contributed by atoms with E-state index >= 15 is 0 Å². The van der Waals surface area contributed by atoms with Crippen LogP contribution in [-0.2, 0) is 26.0 Å². The van der Waals surface area contributed by atoms with Gasteiger partial charge < -0.3 is 29.5 Å². The number of ether oxygens (including phenoxy) is 3. The Hall–Kier alpha value is -0.970. The zero-order valence-electron chi connectivity index (χ0n) is 20.2. The third-order valence-electron chi connectivity index (χ3n) is 8.58. The smallest absolute Gasteiger partial charge is 0.168 e. The van der Waals surface area contributed by atoms with Gasteiger partial charge in [-0.3, -0.25) is 0 Å². The Morgan fingerprint density at radius 2 is 1.80 bits per heavy atom. The van der Waals surface area contributed by atoms with Crippen LogP contribution in [-0.4, -0.2) is 64.3 Å². The molecule has 8 heteroatoms. The highest BCUT2D eigenvalue weighted by Crippen LogP contribution is 2.66. The maximum absolute atomic E-state index is 10.6. The molecule has 3 N–H and O–H groups in total. The SMILES string of the molecule is CS[C@H]1O[C@@H](c2ccc(C)c(Cc3ccc([C@]45CCC6(C[C@H]4C5)OCCO6)s3)c2)[C@H](O)[C@@H](O)[C@@H]1O. The highest BCUT2D eigenvalue weighted by molar-refractivity contribution is 7.99. The van der Waals surface area contributed by atoms with Crippen LogP contribution in [0.3, 0.4) is 0 Å². The predicted octanol–water partition coefficient (Wildman–Crippen LogP) is 3.68. The second-order valence-electron chi connectivity index (χ2n) is 10.6. The van der Waals surface area contributed by atoms with Gasteiger partial charge in [-0.05, 0) is 60.8 Å². The van der Waals surface area contributed by atoms with Gasteiger partial charge >= 0.3 is 0 Å². The van der Waals surface area contributed by atoms with Crippen molar-refractivity contribution >= 4 is 23.1 Å². The summed E-state index contributed by atoms with van der Waals surface area (Å²) in [6.07, 6.45) is 2.81. The molecule has 1 aromatic carbocycles. The van der Waals surface area contributed by atoms with Crippen LogP contribution in [0.1, 0.15) is 58.2 Å². The summed E-state index contributed by atoms with van der Waals surface area (Å²) in [4.78, 5) is 2.82. The van der Waals surface area contributed by atoms with Crippen molar-refractivity contribution < 1.29 is 29.5 Å². The van der Waals surface area contributed by atoms with E-state index in [1.807, 2.05) is 23.7 Å². The van der Waals surface area contributed by atoms with Crippen molar-refractivity contribution in [1.82, 2.24) is 0 Å². The Labute approximate surface area is 214 Å². The molecular weight excluding hydrogens is 484 g/mol. The van der Waals surface area contributed by atoms with Gasteiger partial charge in [-0.15, -0.1) is 23.1 Å². The molecule has 2 saturated heterocycles. The van der Waals surface area contributed by atoms with Crippen LogP contribution in [0.4, 0.5) is 0 Å². The lowest BCUT2D eigenvalue weighted by Gasteiger charge is -2.40. The Kier molecular flexibility index (Phi) is 6.34. The molecular formula is C27H34O6S2. The van der Waals surface area contributed by atoms with Crippen molar-refractivity contribution in [2.24, 2.45) is 5.92 Å². The second kappa shape index (κ2) is 9.10. The fourth-order valence-electron chi connectivity index (χ4n) is 6.34. The van der Waals surface area contributed by atoms with Crippen LogP contribution in [0.2, 0.25) is 0 Å². The molecule has 35 heavy (non-hydrogen) atoms. The van der Waals surface area contributed by atoms with Crippen LogP contribution in [0.5, 0.6) is 0 Å². The maximum atomic E-state index is 10.6. The van der Waals surface area contributed by atoms with Gasteiger partial charge in [0.05, 0.1) is 13.2 Å². The van der Waals surface area contributed by atoms with E-state index in [2.05, 4.69) is 31.2 Å². The van der Waals surface area contributed by atoms with Crippen LogP contribution >= 0.6 is 23.1 Å². The fourth-order valence-corrected chi connectivity index (χ4v) is 8.34. The van der Waals surface area contributed by atoms with Gasteiger partial charge in [0, 0.05) is 34.4 Å². The Morgan fingerprint density at radius 1 is 1.00 bits per heavy atom. The first kappa shape index (κ1) is 24.4. The number of fused-ring (bicyclic) bond motifs is 1. The van der Waals surface area contributed by atoms with Gasteiger partial charge in [0.15, 0.2) is 5.79 Å². The average Bonchev–Trinajstić information content (AvgIpc) is 3.15. The summed E-state index contributed by atoms with van der Waals surface area (Å²) in [6.45, 7) is 3.55. The number of aliphatic hydroxyl groups excluding tert-OH is 3. The Bertz CT molecular complexity index is 1080. The van der Waals surface area contributed by atoms with Crippen LogP contribution in [0.15, 0.2) is 30.3 Å². The van der Waals surface area contributed by atoms with E-state index in [-0.39, 0.29) is 5.79 Å². The number of thiophene rings is 1. The minimum Gasteiger partial charge on any atom is -0.387 e. The number of thioether (sulfide) groups is 1. The number of hydrogen-bond acceptors (Lipinski definition) is 8. The lowest BCUT2D eigenvalue weighted by atomic mass is 9.83. The first-order valence-corrected chi connectivity index (χ1v) is 14.6. The van der Waals surface area contributed by atoms with E-state index in [4.69, 9.17) is 14.2 Å². The normalized spacial score (nSPS) is 38.0. The van der Waals surface area contributed by atoms with Crippen LogP contribution in [0, 0.1) is 12.8 Å². The summed E-state index contributed by atoms with van der Waals surface area (Å²) in [5.41, 5.74) is 2.93. The van der Waals surface area contributed by atoms with Crippen molar-refractivity contribution in [1.29, 1.82) is 0 Å². The van der Waals surface area contributed by atoms with E-state index in [1.165, 1.54) is 39.1 Å². The highest BCUT2D eigenvalue weighted by atomic mass is 32.2. The van der Waals surface area contributed by atoms with Crippen LogP contribution in [0.25, 0.3) is 0 Å². The number of hydrogen-bond donors (Lipinski definition) is 3. The molecule has 3 heterocycles. The van der Waals surface area contributed by atoms with E-state index in [0.29, 0.717) is 11.3 Å². The molecule has 0 unspecified atom stereocenters. The fraction of sp³-hybridized carbons (Fsp3) is 0.630. The minimum atomic E-state index is -1.24. The standard InChI is InChI=1S/C27H34O6S2/c1-15-3-4-16(24-22(29)21(28)23(30)25(33-24)34-2)11-17(15)12-19-5-6-20(35-19)26-7-8-27(14-18(26)13-26)31-9-10-32-27/h3-6,11,18,21-25,28-30H,7-10,12-14H2,1-2H3/t18-,21-,22-,23+,24+,25-,26+/m1/s1. The van der Waals surface area contributed by atoms with Crippen molar-refractivity contribution in [3.63, 3.8) is 0 Å². The lowest BCUT2D eigenvalue weighted by Crippen LogP contribution is -2.52. The number of aryl methyl sites for hydroxylation is 1. The monoisotopic (exact) mass is 518 g/mol. The van der Waals surface area contributed by atoms with E-state index in [1.54, 1.807) is 0 Å². The maximum Gasteiger partial charge on any atom is 0.168 e. The molecule has 4 aliphatic rings. The predicted molar refractivity (Wildman–Crippen MR) is 136 cm³/mol. The lowest BCUT2D eigenvalue weighted by molar-refractivity contribution is -0.200. The van der Waals surface area contributed by atoms with Gasteiger partial charge in [0.1, 0.15) is 29.9 Å². The summed E-state index contributed by atoms with van der Waals surface area (Å²) in [7, 11) is 0. The third-order valence-corrected chi connectivity index (χ3v) is 10.7. The number of rotatable bonds is 5. The first-order chi connectivity index (χ1) is 16.8. The molecule has 6 rings (SSSR count). The number of benzene rings is 1. The molecule has 7 atom stereocenters.